The highest BCUT2D eigenvalue weighted by molar-refractivity contribution is 5.86. The summed E-state index contributed by atoms with van der Waals surface area (Å²) < 4.78 is 4.45. The van der Waals surface area contributed by atoms with Crippen LogP contribution in [0.2, 0.25) is 0 Å². The van der Waals surface area contributed by atoms with Crippen LogP contribution in [0.1, 0.15) is 6.92 Å². The van der Waals surface area contributed by atoms with Gasteiger partial charge in [0.05, 0.1) is 12.7 Å². The van der Waals surface area contributed by atoms with Crippen molar-refractivity contribution in [2.24, 2.45) is 5.73 Å². The average molecular weight is 131 g/mol. The molecule has 4 nitrogen and oxygen atoms in total. The van der Waals surface area contributed by atoms with Gasteiger partial charge in [0.1, 0.15) is 0 Å². The lowest BCUT2D eigenvalue weighted by Gasteiger charge is -1.99. The van der Waals surface area contributed by atoms with Crippen LogP contribution >= 0.6 is 0 Å². The summed E-state index contributed by atoms with van der Waals surface area (Å²) in [6, 6.07) is 0. The topological polar surface area (TPSA) is 72.5 Å². The summed E-state index contributed by atoms with van der Waals surface area (Å²) in [7, 11) is 1.32. The molecule has 0 saturated carbocycles. The summed E-state index contributed by atoms with van der Waals surface area (Å²) in [4.78, 5) is 10.1. The fourth-order valence-corrected chi connectivity index (χ4v) is 0.258. The molecule has 0 fully saturated rings. The van der Waals surface area contributed by atoms with E-state index in [-0.39, 0.29) is 11.5 Å². The first-order chi connectivity index (χ1) is 4.09. The predicted octanol–water partition coefficient (Wildman–Crippen LogP) is -0.0924. The molecule has 0 aliphatic rings. The number of ether oxygens (including phenoxy) is 1. The number of methoxy groups -OCH3 is 1. The second-order valence-electron chi connectivity index (χ2n) is 1.50. The van der Waals surface area contributed by atoms with Gasteiger partial charge in [-0.3, -0.25) is 0 Å². The van der Waals surface area contributed by atoms with Gasteiger partial charge in [-0.05, 0) is 6.92 Å². The third-order valence-electron chi connectivity index (χ3n) is 0.910. The van der Waals surface area contributed by atoms with Crippen LogP contribution in [0.3, 0.4) is 0 Å². The summed E-state index contributed by atoms with van der Waals surface area (Å²) in [5, 5.41) is 8.27. The lowest BCUT2D eigenvalue weighted by Crippen LogP contribution is -2.09. The fraction of sp³-hybridized carbons (Fsp3) is 0.400. The SMILES string of the molecule is CO/C(N)=C(/C)C(=O)O. The Hall–Kier alpha value is -1.19. The summed E-state index contributed by atoms with van der Waals surface area (Å²) in [5.41, 5.74) is 5.12. The molecule has 9 heavy (non-hydrogen) atoms. The van der Waals surface area contributed by atoms with Crippen molar-refractivity contribution in [3.05, 3.63) is 11.5 Å². The molecule has 0 amide bonds. The Bertz CT molecular complexity index is 150. The molecular formula is C5H9NO3. The second kappa shape index (κ2) is 2.96. The van der Waals surface area contributed by atoms with Crippen LogP contribution in [0.5, 0.6) is 0 Å². The quantitative estimate of drug-likeness (QED) is 0.405. The number of carboxylic acids is 1. The van der Waals surface area contributed by atoms with E-state index in [0.29, 0.717) is 0 Å². The van der Waals surface area contributed by atoms with Crippen molar-refractivity contribution in [3.8, 4) is 0 Å². The molecule has 0 unspecified atom stereocenters. The van der Waals surface area contributed by atoms with Crippen LogP contribution in [0.4, 0.5) is 0 Å². The number of rotatable bonds is 2. The van der Waals surface area contributed by atoms with Gasteiger partial charge in [-0.25, -0.2) is 4.79 Å². The van der Waals surface area contributed by atoms with E-state index in [4.69, 9.17) is 10.8 Å². The van der Waals surface area contributed by atoms with Gasteiger partial charge in [0.25, 0.3) is 0 Å². The molecule has 0 rings (SSSR count). The number of hydrogen-bond acceptors (Lipinski definition) is 3. The van der Waals surface area contributed by atoms with Crippen molar-refractivity contribution >= 4 is 5.97 Å². The van der Waals surface area contributed by atoms with Crippen molar-refractivity contribution in [2.75, 3.05) is 7.11 Å². The van der Waals surface area contributed by atoms with Gasteiger partial charge in [-0.2, -0.15) is 0 Å². The monoisotopic (exact) mass is 131 g/mol. The zero-order chi connectivity index (χ0) is 7.44. The molecule has 0 saturated heterocycles. The molecule has 0 heterocycles. The van der Waals surface area contributed by atoms with E-state index >= 15 is 0 Å². The Labute approximate surface area is 52.9 Å². The van der Waals surface area contributed by atoms with Crippen molar-refractivity contribution in [1.82, 2.24) is 0 Å². The Morgan fingerprint density at radius 3 is 2.22 bits per heavy atom. The molecule has 0 aliphatic heterocycles. The zero-order valence-corrected chi connectivity index (χ0v) is 5.34. The maximum Gasteiger partial charge on any atom is 0.336 e. The standard InChI is InChI=1S/C5H9NO3/c1-3(5(7)8)4(6)9-2/h6H2,1-2H3,(H,7,8)/b4-3-. The first kappa shape index (κ1) is 7.81. The summed E-state index contributed by atoms with van der Waals surface area (Å²) in [5.74, 6) is -1.11. The predicted molar refractivity (Wildman–Crippen MR) is 31.5 cm³/mol. The van der Waals surface area contributed by atoms with Gasteiger partial charge >= 0.3 is 5.97 Å². The second-order valence-corrected chi connectivity index (χ2v) is 1.50. The molecule has 52 valence electrons. The maximum absolute atomic E-state index is 10.1. The highest BCUT2D eigenvalue weighted by atomic mass is 16.5. The number of hydrogen-bond donors (Lipinski definition) is 2. The van der Waals surface area contributed by atoms with Crippen LogP contribution in [-0.2, 0) is 9.53 Å². The molecule has 0 aromatic heterocycles. The number of aliphatic carboxylic acids is 1. The van der Waals surface area contributed by atoms with Crippen LogP contribution in [0.25, 0.3) is 0 Å². The number of carbonyl (C=O) groups is 1. The minimum absolute atomic E-state index is 0.0255. The third kappa shape index (κ3) is 2.03. The van der Waals surface area contributed by atoms with Crippen LogP contribution in [0.15, 0.2) is 11.5 Å². The number of carboxylic acid groups (broad SMARTS) is 1. The van der Waals surface area contributed by atoms with E-state index in [2.05, 4.69) is 4.74 Å². The van der Waals surface area contributed by atoms with E-state index < -0.39 is 5.97 Å². The maximum atomic E-state index is 10.1. The van der Waals surface area contributed by atoms with E-state index in [0.717, 1.165) is 0 Å². The van der Waals surface area contributed by atoms with Gasteiger partial charge in [-0.1, -0.05) is 0 Å². The Morgan fingerprint density at radius 1 is 1.67 bits per heavy atom. The Kier molecular flexibility index (Phi) is 2.57. The van der Waals surface area contributed by atoms with Crippen molar-refractivity contribution in [3.63, 3.8) is 0 Å². The smallest absolute Gasteiger partial charge is 0.336 e. The van der Waals surface area contributed by atoms with Crippen molar-refractivity contribution < 1.29 is 14.6 Å². The molecule has 0 aromatic carbocycles. The lowest BCUT2D eigenvalue weighted by atomic mass is 10.3. The van der Waals surface area contributed by atoms with Crippen LogP contribution in [-0.4, -0.2) is 18.2 Å². The first-order valence-electron chi connectivity index (χ1n) is 2.33. The molecular weight excluding hydrogens is 122 g/mol. The Morgan fingerprint density at radius 2 is 2.11 bits per heavy atom. The molecule has 4 heteroatoms. The van der Waals surface area contributed by atoms with Gasteiger partial charge in [-0.15, -0.1) is 0 Å². The highest BCUT2D eigenvalue weighted by Crippen LogP contribution is 1.96. The minimum Gasteiger partial charge on any atom is -0.482 e. The molecule has 0 aromatic rings. The first-order valence-corrected chi connectivity index (χ1v) is 2.33. The molecule has 0 radical (unpaired) electrons. The summed E-state index contributed by atoms with van der Waals surface area (Å²) in [6.07, 6.45) is 0. The summed E-state index contributed by atoms with van der Waals surface area (Å²) >= 11 is 0. The van der Waals surface area contributed by atoms with E-state index in [1.165, 1.54) is 14.0 Å². The largest absolute Gasteiger partial charge is 0.482 e. The van der Waals surface area contributed by atoms with E-state index in [1.54, 1.807) is 0 Å². The van der Waals surface area contributed by atoms with Crippen LogP contribution < -0.4 is 5.73 Å². The average Bonchev–Trinajstić information content (AvgIpc) is 1.84. The fourth-order valence-electron chi connectivity index (χ4n) is 0.258. The molecule has 0 bridgehead atoms. The normalized spacial score (nSPS) is 12.2. The van der Waals surface area contributed by atoms with Gasteiger partial charge in [0.2, 0.25) is 0 Å². The van der Waals surface area contributed by atoms with Crippen LogP contribution in [0, 0.1) is 0 Å². The number of nitrogens with two attached hydrogens (primary N) is 1. The molecule has 0 spiro atoms. The minimum atomic E-state index is -1.06. The van der Waals surface area contributed by atoms with Gasteiger partial charge < -0.3 is 15.6 Å². The highest BCUT2D eigenvalue weighted by Gasteiger charge is 2.04. The summed E-state index contributed by atoms with van der Waals surface area (Å²) in [6.45, 7) is 1.38. The van der Waals surface area contributed by atoms with E-state index in [9.17, 15) is 4.79 Å². The van der Waals surface area contributed by atoms with Gasteiger partial charge in [0.15, 0.2) is 5.88 Å². The van der Waals surface area contributed by atoms with Gasteiger partial charge in [0, 0.05) is 0 Å². The van der Waals surface area contributed by atoms with E-state index in [1.807, 2.05) is 0 Å². The molecule has 3 N–H and O–H groups in total. The third-order valence-corrected chi connectivity index (χ3v) is 0.910. The molecule has 0 atom stereocenters. The lowest BCUT2D eigenvalue weighted by molar-refractivity contribution is -0.132. The van der Waals surface area contributed by atoms with Crippen molar-refractivity contribution in [2.45, 2.75) is 6.92 Å². The Balaban J connectivity index is 4.28. The van der Waals surface area contributed by atoms with Crippen molar-refractivity contribution in [1.29, 1.82) is 0 Å². The zero-order valence-electron chi connectivity index (χ0n) is 5.34. The molecule has 0 aliphatic carbocycles.